The second-order valence-corrected chi connectivity index (χ2v) is 6.41. The van der Waals surface area contributed by atoms with Crippen LogP contribution < -0.4 is 4.31 Å². The van der Waals surface area contributed by atoms with E-state index >= 15 is 0 Å². The molecule has 1 aliphatic rings. The first-order chi connectivity index (χ1) is 9.08. The van der Waals surface area contributed by atoms with Crippen LogP contribution >= 0.6 is 0 Å². The molecule has 1 aliphatic heterocycles. The fraction of sp³-hybridized carbons (Fsp3) is 0.429. The summed E-state index contributed by atoms with van der Waals surface area (Å²) in [7, 11) is -3.15. The van der Waals surface area contributed by atoms with Crippen molar-refractivity contribution in [3.8, 4) is 11.8 Å². The Morgan fingerprint density at radius 1 is 1.42 bits per heavy atom. The molecule has 0 spiro atoms. The maximum Gasteiger partial charge on any atom is 0.235 e. The molecule has 0 bridgehead atoms. The van der Waals surface area contributed by atoms with Crippen molar-refractivity contribution >= 4 is 15.7 Å². The van der Waals surface area contributed by atoms with Crippen LogP contribution in [0.1, 0.15) is 24.5 Å². The number of aliphatic hydroxyl groups is 1. The average Bonchev–Trinajstić information content (AvgIpc) is 2.75. The van der Waals surface area contributed by atoms with Crippen LogP contribution in [0.15, 0.2) is 18.2 Å². The molecule has 5 heteroatoms. The van der Waals surface area contributed by atoms with E-state index in [2.05, 4.69) is 11.8 Å². The second kappa shape index (κ2) is 5.64. The molecule has 0 aromatic heterocycles. The molecule has 1 saturated heterocycles. The molecule has 1 aromatic rings. The molecule has 1 N–H and O–H groups in total. The summed E-state index contributed by atoms with van der Waals surface area (Å²) in [4.78, 5) is 0. The maximum atomic E-state index is 12.0. The zero-order chi connectivity index (χ0) is 13.9. The lowest BCUT2D eigenvalue weighted by atomic mass is 10.1. The van der Waals surface area contributed by atoms with Crippen LogP contribution in [-0.4, -0.2) is 32.4 Å². The van der Waals surface area contributed by atoms with Gasteiger partial charge in [0.2, 0.25) is 10.0 Å². The zero-order valence-corrected chi connectivity index (χ0v) is 11.7. The molecule has 2 rings (SSSR count). The Morgan fingerprint density at radius 3 is 2.79 bits per heavy atom. The lowest BCUT2D eigenvalue weighted by Crippen LogP contribution is -2.26. The Balaban J connectivity index is 2.42. The fourth-order valence-corrected chi connectivity index (χ4v) is 3.84. The molecular weight excluding hydrogens is 262 g/mol. The Bertz CT molecular complexity index is 626. The minimum absolute atomic E-state index is 0.177. The minimum Gasteiger partial charge on any atom is -0.384 e. The molecule has 1 heterocycles. The number of aliphatic hydroxyl groups excluding tert-OH is 1. The Kier molecular flexibility index (Phi) is 4.13. The molecule has 0 radical (unpaired) electrons. The number of hydrogen-bond acceptors (Lipinski definition) is 3. The van der Waals surface area contributed by atoms with Gasteiger partial charge < -0.3 is 5.11 Å². The van der Waals surface area contributed by atoms with Gasteiger partial charge in [0, 0.05) is 12.1 Å². The van der Waals surface area contributed by atoms with Gasteiger partial charge in [-0.25, -0.2) is 8.42 Å². The number of benzene rings is 1. The normalized spacial score (nSPS) is 17.1. The van der Waals surface area contributed by atoms with Crippen molar-refractivity contribution in [3.63, 3.8) is 0 Å². The quantitative estimate of drug-likeness (QED) is 0.826. The van der Waals surface area contributed by atoms with E-state index in [-0.39, 0.29) is 12.4 Å². The van der Waals surface area contributed by atoms with E-state index in [1.165, 1.54) is 4.31 Å². The third-order valence-corrected chi connectivity index (χ3v) is 5.00. The first-order valence-corrected chi connectivity index (χ1v) is 7.92. The van der Waals surface area contributed by atoms with E-state index in [1.807, 2.05) is 19.1 Å². The van der Waals surface area contributed by atoms with Gasteiger partial charge >= 0.3 is 0 Å². The van der Waals surface area contributed by atoms with Crippen LogP contribution in [-0.2, 0) is 16.4 Å². The lowest BCUT2D eigenvalue weighted by Gasteiger charge is -2.20. The summed E-state index contributed by atoms with van der Waals surface area (Å²) in [5, 5.41) is 8.69. The van der Waals surface area contributed by atoms with Gasteiger partial charge in [-0.05, 0) is 36.6 Å². The Labute approximate surface area is 114 Å². The highest BCUT2D eigenvalue weighted by Gasteiger charge is 2.29. The van der Waals surface area contributed by atoms with Crippen molar-refractivity contribution < 1.29 is 13.5 Å². The molecule has 102 valence electrons. The molecule has 0 saturated carbocycles. The van der Waals surface area contributed by atoms with Crippen molar-refractivity contribution in [3.05, 3.63) is 29.3 Å². The van der Waals surface area contributed by atoms with Crippen LogP contribution in [0, 0.1) is 11.8 Å². The summed E-state index contributed by atoms with van der Waals surface area (Å²) in [6.45, 7) is 2.37. The Morgan fingerprint density at radius 2 is 2.21 bits per heavy atom. The highest BCUT2D eigenvalue weighted by atomic mass is 32.2. The predicted molar refractivity (Wildman–Crippen MR) is 75.5 cm³/mol. The van der Waals surface area contributed by atoms with Gasteiger partial charge in [0.05, 0.1) is 11.4 Å². The fourth-order valence-electron chi connectivity index (χ4n) is 2.24. The summed E-state index contributed by atoms with van der Waals surface area (Å²) in [5.41, 5.74) is 2.52. The molecule has 1 aromatic carbocycles. The van der Waals surface area contributed by atoms with Gasteiger partial charge in [-0.2, -0.15) is 0 Å². The SMILES string of the molecule is CCc1cc(C#CCO)ccc1N1CCCS1(=O)=O. The van der Waals surface area contributed by atoms with E-state index in [0.29, 0.717) is 13.0 Å². The number of aryl methyl sites for hydroxylation is 1. The molecule has 1 fully saturated rings. The number of rotatable bonds is 2. The van der Waals surface area contributed by atoms with Crippen LogP contribution in [0.3, 0.4) is 0 Å². The summed E-state index contributed by atoms with van der Waals surface area (Å²) in [6.07, 6.45) is 1.42. The van der Waals surface area contributed by atoms with Gasteiger partial charge in [-0.3, -0.25) is 4.31 Å². The molecule has 0 unspecified atom stereocenters. The monoisotopic (exact) mass is 279 g/mol. The maximum absolute atomic E-state index is 12.0. The molecule has 0 aliphatic carbocycles. The summed E-state index contributed by atoms with van der Waals surface area (Å²) in [5.74, 6) is 5.66. The molecule has 0 atom stereocenters. The van der Waals surface area contributed by atoms with Crippen LogP contribution in [0.25, 0.3) is 0 Å². The highest BCUT2D eigenvalue weighted by Crippen LogP contribution is 2.28. The Hall–Kier alpha value is -1.51. The highest BCUT2D eigenvalue weighted by molar-refractivity contribution is 7.93. The van der Waals surface area contributed by atoms with E-state index in [9.17, 15) is 8.42 Å². The number of nitrogens with zero attached hydrogens (tertiary/aromatic N) is 1. The first-order valence-electron chi connectivity index (χ1n) is 6.31. The van der Waals surface area contributed by atoms with Crippen molar-refractivity contribution in [2.45, 2.75) is 19.8 Å². The third kappa shape index (κ3) is 2.91. The molecular formula is C14H17NO3S. The van der Waals surface area contributed by atoms with E-state index < -0.39 is 10.0 Å². The first kappa shape index (κ1) is 13.9. The van der Waals surface area contributed by atoms with E-state index in [0.717, 1.165) is 23.2 Å². The van der Waals surface area contributed by atoms with Crippen LogP contribution in [0.5, 0.6) is 0 Å². The van der Waals surface area contributed by atoms with E-state index in [4.69, 9.17) is 5.11 Å². The summed E-state index contributed by atoms with van der Waals surface area (Å²) >= 11 is 0. The van der Waals surface area contributed by atoms with Crippen molar-refractivity contribution in [2.24, 2.45) is 0 Å². The van der Waals surface area contributed by atoms with Gasteiger partial charge in [0.25, 0.3) is 0 Å². The average molecular weight is 279 g/mol. The largest absolute Gasteiger partial charge is 0.384 e. The molecule has 4 nitrogen and oxygen atoms in total. The molecule has 0 amide bonds. The van der Waals surface area contributed by atoms with Crippen LogP contribution in [0.2, 0.25) is 0 Å². The lowest BCUT2D eigenvalue weighted by molar-refractivity contribution is 0.350. The van der Waals surface area contributed by atoms with Gasteiger partial charge in [0.1, 0.15) is 6.61 Å². The minimum atomic E-state index is -3.15. The standard InChI is InChI=1S/C14H17NO3S/c1-2-13-11-12(5-3-9-16)6-7-14(13)15-8-4-10-19(15,17)18/h6-7,11,16H,2,4,8-10H2,1H3. The van der Waals surface area contributed by atoms with E-state index in [1.54, 1.807) is 6.07 Å². The van der Waals surface area contributed by atoms with Gasteiger partial charge in [0.15, 0.2) is 0 Å². The number of hydrogen-bond donors (Lipinski definition) is 1. The predicted octanol–water partition coefficient (Wildman–Crippen LogP) is 1.13. The van der Waals surface area contributed by atoms with Crippen LogP contribution in [0.4, 0.5) is 5.69 Å². The molecule has 19 heavy (non-hydrogen) atoms. The second-order valence-electron chi connectivity index (χ2n) is 4.40. The number of sulfonamides is 1. The smallest absolute Gasteiger partial charge is 0.235 e. The summed E-state index contributed by atoms with van der Waals surface area (Å²) < 4.78 is 25.4. The third-order valence-electron chi connectivity index (χ3n) is 3.14. The van der Waals surface area contributed by atoms with Crippen molar-refractivity contribution in [1.29, 1.82) is 0 Å². The van der Waals surface area contributed by atoms with Crippen molar-refractivity contribution in [1.82, 2.24) is 0 Å². The van der Waals surface area contributed by atoms with Gasteiger partial charge in [-0.15, -0.1) is 0 Å². The van der Waals surface area contributed by atoms with Gasteiger partial charge in [-0.1, -0.05) is 18.8 Å². The van der Waals surface area contributed by atoms with Crippen molar-refractivity contribution in [2.75, 3.05) is 23.2 Å². The zero-order valence-electron chi connectivity index (χ0n) is 10.9. The number of anilines is 1. The topological polar surface area (TPSA) is 57.6 Å². The summed E-state index contributed by atoms with van der Waals surface area (Å²) in [6, 6.07) is 5.50.